The van der Waals surface area contributed by atoms with E-state index in [1.807, 2.05) is 48.5 Å². The van der Waals surface area contributed by atoms with E-state index in [4.69, 9.17) is 9.47 Å². The van der Waals surface area contributed by atoms with Crippen molar-refractivity contribution in [3.05, 3.63) is 119 Å². The van der Waals surface area contributed by atoms with Gasteiger partial charge in [-0.25, -0.2) is 8.42 Å². The number of hydrogen-bond acceptors (Lipinski definition) is 7. The van der Waals surface area contributed by atoms with Gasteiger partial charge in [-0.05, 0) is 47.0 Å². The SMILES string of the molecule is COc1ccc(C(C)(C)c2ccc(Oc3[c-]cc(C(=O)c4ccc(CO)c(S(=O)(=O)[O-])c4)cc3)cc2)cc1.[Na+].[Na+]. The Morgan fingerprint density at radius 3 is 1.90 bits per heavy atom. The number of methoxy groups -OCH3 is 1. The normalized spacial score (nSPS) is 11.1. The third-order valence-electron chi connectivity index (χ3n) is 6.43. The van der Waals surface area contributed by atoms with Gasteiger partial charge in [-0.15, -0.1) is 12.1 Å². The van der Waals surface area contributed by atoms with Crippen LogP contribution in [0.4, 0.5) is 0 Å². The number of ether oxygens (including phenoxy) is 2. The van der Waals surface area contributed by atoms with Crippen LogP contribution in [0.2, 0.25) is 0 Å². The maximum Gasteiger partial charge on any atom is 1.00 e. The van der Waals surface area contributed by atoms with Gasteiger partial charge in [-0.3, -0.25) is 0 Å². The number of benzene rings is 4. The number of carbonyl (C=O) groups excluding carboxylic acids is 1. The average molecular weight is 577 g/mol. The van der Waals surface area contributed by atoms with E-state index in [1.165, 1.54) is 24.3 Å². The molecule has 196 valence electrons. The molecule has 4 aromatic rings. The van der Waals surface area contributed by atoms with Crippen LogP contribution in [0.5, 0.6) is 17.2 Å². The van der Waals surface area contributed by atoms with Gasteiger partial charge in [0.05, 0.1) is 18.6 Å². The van der Waals surface area contributed by atoms with Crippen LogP contribution in [0.3, 0.4) is 0 Å². The molecule has 0 unspecified atom stereocenters. The Morgan fingerprint density at radius 2 is 1.43 bits per heavy atom. The Bertz CT molecular complexity index is 1550. The van der Waals surface area contributed by atoms with Crippen molar-refractivity contribution in [2.75, 3.05) is 7.11 Å². The van der Waals surface area contributed by atoms with Crippen LogP contribution in [0, 0.1) is 6.07 Å². The second kappa shape index (κ2) is 14.3. The number of hydrogen-bond donors (Lipinski definition) is 1. The molecule has 4 rings (SSSR count). The summed E-state index contributed by atoms with van der Waals surface area (Å²) in [4.78, 5) is 12.2. The largest absolute Gasteiger partial charge is 1.00 e. The van der Waals surface area contributed by atoms with Crippen LogP contribution in [-0.2, 0) is 22.1 Å². The Hall–Kier alpha value is -1.98. The van der Waals surface area contributed by atoms with Crippen LogP contribution < -0.4 is 68.6 Å². The maximum absolute atomic E-state index is 12.9. The van der Waals surface area contributed by atoms with Gasteiger partial charge in [0.1, 0.15) is 27.4 Å². The number of aliphatic hydroxyl groups excluding tert-OH is 1. The van der Waals surface area contributed by atoms with E-state index in [0.717, 1.165) is 22.9 Å². The van der Waals surface area contributed by atoms with Gasteiger partial charge < -0.3 is 23.9 Å². The predicted octanol–water partition coefficient (Wildman–Crippen LogP) is -0.751. The third kappa shape index (κ3) is 7.85. The molecular formula is C30H26Na2O7S. The molecule has 0 spiro atoms. The van der Waals surface area contributed by atoms with E-state index in [0.29, 0.717) is 11.5 Å². The Morgan fingerprint density at radius 1 is 0.875 bits per heavy atom. The average Bonchev–Trinajstić information content (AvgIpc) is 2.92. The van der Waals surface area contributed by atoms with Crippen molar-refractivity contribution in [2.24, 2.45) is 0 Å². The van der Waals surface area contributed by atoms with Gasteiger partial charge in [0.2, 0.25) is 0 Å². The second-order valence-corrected chi connectivity index (χ2v) is 10.5. The summed E-state index contributed by atoms with van der Waals surface area (Å²) in [6.45, 7) is 3.65. The van der Waals surface area contributed by atoms with E-state index < -0.39 is 27.4 Å². The summed E-state index contributed by atoms with van der Waals surface area (Å²) in [5, 5.41) is 9.29. The summed E-state index contributed by atoms with van der Waals surface area (Å²) >= 11 is 0. The van der Waals surface area contributed by atoms with Crippen molar-refractivity contribution in [2.45, 2.75) is 30.8 Å². The first kappa shape index (κ1) is 34.2. The minimum atomic E-state index is -4.85. The van der Waals surface area contributed by atoms with Crippen LogP contribution in [0.1, 0.15) is 46.5 Å². The topological polar surface area (TPSA) is 113 Å². The molecule has 1 N–H and O–H groups in total. The van der Waals surface area contributed by atoms with E-state index >= 15 is 0 Å². The number of rotatable bonds is 9. The van der Waals surface area contributed by atoms with Gasteiger partial charge in [0.25, 0.3) is 0 Å². The minimum absolute atomic E-state index is 0. The van der Waals surface area contributed by atoms with Crippen LogP contribution in [-0.4, -0.2) is 31.0 Å². The molecule has 0 bridgehead atoms. The Labute approximate surface area is 278 Å². The molecule has 0 aliphatic heterocycles. The molecular weight excluding hydrogens is 550 g/mol. The number of aliphatic hydroxyl groups is 1. The van der Waals surface area contributed by atoms with Gasteiger partial charge in [0.15, 0.2) is 0 Å². The summed E-state index contributed by atoms with van der Waals surface area (Å²) in [6.07, 6.45) is 0. The fourth-order valence-corrected chi connectivity index (χ4v) is 4.81. The smallest absolute Gasteiger partial charge is 0.744 e. The van der Waals surface area contributed by atoms with Gasteiger partial charge >= 0.3 is 59.1 Å². The van der Waals surface area contributed by atoms with E-state index in [-0.39, 0.29) is 81.2 Å². The quantitative estimate of drug-likeness (QED) is 0.121. The summed E-state index contributed by atoms with van der Waals surface area (Å²) < 4.78 is 45.7. The molecule has 0 aromatic heterocycles. The fraction of sp³-hybridized carbons (Fsp3) is 0.167. The second-order valence-electron chi connectivity index (χ2n) is 9.19. The van der Waals surface area contributed by atoms with Crippen LogP contribution >= 0.6 is 0 Å². The molecule has 0 heterocycles. The van der Waals surface area contributed by atoms with Crippen molar-refractivity contribution < 1.29 is 91.5 Å². The molecule has 7 nitrogen and oxygen atoms in total. The Balaban J connectivity index is 0.00000280. The van der Waals surface area contributed by atoms with Crippen LogP contribution in [0.15, 0.2) is 89.8 Å². The number of carbonyl (C=O) groups is 1. The maximum atomic E-state index is 12.9. The summed E-state index contributed by atoms with van der Waals surface area (Å²) in [7, 11) is -3.21. The van der Waals surface area contributed by atoms with Gasteiger partial charge in [0, 0.05) is 16.7 Å². The molecule has 0 fully saturated rings. The molecule has 0 aliphatic rings. The zero-order chi connectivity index (χ0) is 27.5. The monoisotopic (exact) mass is 576 g/mol. The van der Waals surface area contributed by atoms with Crippen molar-refractivity contribution in [1.82, 2.24) is 0 Å². The molecule has 0 saturated heterocycles. The number of ketones is 1. The first-order chi connectivity index (χ1) is 18.0. The predicted molar refractivity (Wildman–Crippen MR) is 141 cm³/mol. The summed E-state index contributed by atoms with van der Waals surface area (Å²) in [5.41, 5.74) is 2.19. The fourth-order valence-electron chi connectivity index (χ4n) is 4.08. The third-order valence-corrected chi connectivity index (χ3v) is 7.35. The first-order valence-electron chi connectivity index (χ1n) is 11.7. The molecule has 0 radical (unpaired) electrons. The van der Waals surface area contributed by atoms with Crippen LogP contribution in [0.25, 0.3) is 0 Å². The first-order valence-corrected chi connectivity index (χ1v) is 13.1. The van der Waals surface area contributed by atoms with Crippen molar-refractivity contribution in [3.8, 4) is 17.2 Å². The minimum Gasteiger partial charge on any atom is -0.744 e. The summed E-state index contributed by atoms with van der Waals surface area (Å²) in [5.74, 6) is 1.30. The molecule has 40 heavy (non-hydrogen) atoms. The van der Waals surface area contributed by atoms with Gasteiger partial charge in [-0.2, -0.15) is 12.1 Å². The van der Waals surface area contributed by atoms with Gasteiger partial charge in [-0.1, -0.05) is 55.8 Å². The molecule has 4 aromatic carbocycles. The molecule has 10 heteroatoms. The zero-order valence-corrected chi connectivity index (χ0v) is 27.9. The van der Waals surface area contributed by atoms with E-state index in [9.17, 15) is 22.9 Å². The molecule has 0 amide bonds. The molecule has 0 atom stereocenters. The molecule has 0 aliphatic carbocycles. The van der Waals surface area contributed by atoms with Crippen molar-refractivity contribution in [1.29, 1.82) is 0 Å². The van der Waals surface area contributed by atoms with Crippen molar-refractivity contribution >= 4 is 15.9 Å². The zero-order valence-electron chi connectivity index (χ0n) is 23.1. The van der Waals surface area contributed by atoms with Crippen molar-refractivity contribution in [3.63, 3.8) is 0 Å². The standard InChI is InChI=1S/C30H27O7S.2Na/c1-30(2,23-8-14-25(36-3)15-9-23)24-10-16-27(17-11-24)37-26-12-6-20(7-13-26)29(32)21-4-5-22(19-31)28(18-21)38(33,34)35;;/h4-12,14-18,31H,19H2,1-3H3,(H,33,34,35);;/q-1;2*+1/p-1. The Kier molecular flexibility index (Phi) is 12.2. The molecule has 0 saturated carbocycles. The van der Waals surface area contributed by atoms with E-state index in [2.05, 4.69) is 19.9 Å². The van der Waals surface area contributed by atoms with E-state index in [1.54, 1.807) is 13.2 Å². The summed E-state index contributed by atoms with van der Waals surface area (Å²) in [6, 6.07) is 26.7.